The normalized spacial score (nSPS) is 22.4. The van der Waals surface area contributed by atoms with Gasteiger partial charge in [-0.3, -0.25) is 24.6 Å². The predicted octanol–water partition coefficient (Wildman–Crippen LogP) is 1.69. The first kappa shape index (κ1) is 14.8. The van der Waals surface area contributed by atoms with Gasteiger partial charge in [0.2, 0.25) is 11.6 Å². The average Bonchev–Trinajstić information content (AvgIpc) is 3.21. The molecule has 0 aliphatic carbocycles. The van der Waals surface area contributed by atoms with Gasteiger partial charge < -0.3 is 4.90 Å². The van der Waals surface area contributed by atoms with Crippen LogP contribution in [0.4, 0.5) is 10.8 Å². The van der Waals surface area contributed by atoms with E-state index >= 15 is 0 Å². The summed E-state index contributed by atoms with van der Waals surface area (Å²) in [6, 6.07) is 6.87. The molecular formula is C16H14N4O3S. The number of fused-ring (bicyclic) bond motifs is 3. The summed E-state index contributed by atoms with van der Waals surface area (Å²) >= 11 is 1.28. The molecule has 1 aromatic carbocycles. The van der Waals surface area contributed by atoms with Crippen molar-refractivity contribution >= 4 is 39.9 Å². The molecule has 1 atom stereocenters. The van der Waals surface area contributed by atoms with Crippen LogP contribution in [0.3, 0.4) is 0 Å². The highest BCUT2D eigenvalue weighted by Gasteiger charge is 2.59. The maximum Gasteiger partial charge on any atom is 0.273 e. The van der Waals surface area contributed by atoms with Crippen LogP contribution in [0.2, 0.25) is 0 Å². The fourth-order valence-corrected chi connectivity index (χ4v) is 3.93. The second-order valence-electron chi connectivity index (χ2n) is 5.72. The van der Waals surface area contributed by atoms with Gasteiger partial charge in [0.1, 0.15) is 0 Å². The standard InChI is InChI=1S/C16H14N4O3S/c1-19-13(22)10-4-2-3-5-11(10)20-12(21)6-7-16(19,20)14(23)18-15-17-8-9-24-15/h2-5,8-9H,6-7H2,1H3,(H,17,18,23). The largest absolute Gasteiger partial charge is 0.310 e. The van der Waals surface area contributed by atoms with Gasteiger partial charge in [0.05, 0.1) is 11.3 Å². The monoisotopic (exact) mass is 342 g/mol. The minimum absolute atomic E-state index is 0.170. The topological polar surface area (TPSA) is 82.6 Å². The van der Waals surface area contributed by atoms with Crippen LogP contribution in [0.15, 0.2) is 35.8 Å². The lowest BCUT2D eigenvalue weighted by molar-refractivity contribution is -0.128. The van der Waals surface area contributed by atoms with Crippen LogP contribution in [0, 0.1) is 0 Å². The quantitative estimate of drug-likeness (QED) is 0.900. The summed E-state index contributed by atoms with van der Waals surface area (Å²) in [7, 11) is 1.56. The molecule has 1 unspecified atom stereocenters. The van der Waals surface area contributed by atoms with E-state index in [4.69, 9.17) is 0 Å². The van der Waals surface area contributed by atoms with Crippen molar-refractivity contribution in [2.45, 2.75) is 18.5 Å². The van der Waals surface area contributed by atoms with Gasteiger partial charge in [-0.05, 0) is 12.1 Å². The van der Waals surface area contributed by atoms with Crippen molar-refractivity contribution in [1.82, 2.24) is 9.88 Å². The number of rotatable bonds is 2. The number of carbonyl (C=O) groups excluding carboxylic acids is 3. The van der Waals surface area contributed by atoms with Crippen molar-refractivity contribution in [3.63, 3.8) is 0 Å². The molecule has 24 heavy (non-hydrogen) atoms. The Hall–Kier alpha value is -2.74. The van der Waals surface area contributed by atoms with Crippen molar-refractivity contribution in [2.24, 2.45) is 0 Å². The molecule has 1 saturated heterocycles. The van der Waals surface area contributed by atoms with Crippen LogP contribution in [0.1, 0.15) is 23.2 Å². The molecule has 2 aliphatic heterocycles. The number of thiazole rings is 1. The van der Waals surface area contributed by atoms with Crippen LogP contribution >= 0.6 is 11.3 Å². The Kier molecular flexibility index (Phi) is 3.17. The molecule has 1 aromatic heterocycles. The Labute approximate surface area is 141 Å². The SMILES string of the molecule is CN1C(=O)c2ccccc2N2C(=O)CCC12C(=O)Nc1nccs1. The van der Waals surface area contributed by atoms with Crippen molar-refractivity contribution in [3.05, 3.63) is 41.4 Å². The number of nitrogens with one attached hydrogen (secondary N) is 1. The van der Waals surface area contributed by atoms with E-state index in [0.717, 1.165) is 0 Å². The number of para-hydroxylation sites is 1. The van der Waals surface area contributed by atoms with E-state index in [2.05, 4.69) is 10.3 Å². The lowest BCUT2D eigenvalue weighted by Crippen LogP contribution is -2.68. The van der Waals surface area contributed by atoms with Gasteiger partial charge in [0.15, 0.2) is 5.13 Å². The van der Waals surface area contributed by atoms with E-state index < -0.39 is 11.6 Å². The summed E-state index contributed by atoms with van der Waals surface area (Å²) in [4.78, 5) is 45.2. The summed E-state index contributed by atoms with van der Waals surface area (Å²) in [6.45, 7) is 0. The second kappa shape index (κ2) is 5.13. The minimum Gasteiger partial charge on any atom is -0.310 e. The first-order valence-corrected chi connectivity index (χ1v) is 8.35. The number of aromatic nitrogens is 1. The predicted molar refractivity (Wildman–Crippen MR) is 88.7 cm³/mol. The van der Waals surface area contributed by atoms with Gasteiger partial charge in [-0.15, -0.1) is 11.3 Å². The number of hydrogen-bond donors (Lipinski definition) is 1. The summed E-state index contributed by atoms with van der Waals surface area (Å²) in [5.41, 5.74) is -0.445. The molecule has 3 amide bonds. The fourth-order valence-electron chi connectivity index (χ4n) is 3.41. The zero-order valence-electron chi connectivity index (χ0n) is 12.9. The Bertz CT molecular complexity index is 851. The molecule has 8 heteroatoms. The third-order valence-electron chi connectivity index (χ3n) is 4.56. The van der Waals surface area contributed by atoms with Gasteiger partial charge >= 0.3 is 0 Å². The molecular weight excluding hydrogens is 328 g/mol. The van der Waals surface area contributed by atoms with Crippen molar-refractivity contribution in [3.8, 4) is 0 Å². The number of hydrogen-bond acceptors (Lipinski definition) is 5. The lowest BCUT2D eigenvalue weighted by Gasteiger charge is -2.47. The molecule has 2 aromatic rings. The van der Waals surface area contributed by atoms with Gasteiger partial charge in [-0.25, -0.2) is 4.98 Å². The first-order chi connectivity index (χ1) is 11.6. The number of benzene rings is 1. The molecule has 122 valence electrons. The molecule has 7 nitrogen and oxygen atoms in total. The molecule has 0 radical (unpaired) electrons. The fraction of sp³-hybridized carbons (Fsp3) is 0.250. The second-order valence-corrected chi connectivity index (χ2v) is 6.61. The summed E-state index contributed by atoms with van der Waals surface area (Å²) < 4.78 is 0. The Morgan fingerprint density at radius 2 is 2.12 bits per heavy atom. The highest BCUT2D eigenvalue weighted by molar-refractivity contribution is 7.13. The molecule has 3 heterocycles. The van der Waals surface area contributed by atoms with E-state index in [-0.39, 0.29) is 24.7 Å². The van der Waals surface area contributed by atoms with Crippen molar-refractivity contribution in [2.75, 3.05) is 17.3 Å². The third-order valence-corrected chi connectivity index (χ3v) is 5.25. The first-order valence-electron chi connectivity index (χ1n) is 7.47. The maximum absolute atomic E-state index is 13.0. The number of nitrogens with zero attached hydrogens (tertiary/aromatic N) is 3. The molecule has 0 saturated carbocycles. The van der Waals surface area contributed by atoms with Crippen LogP contribution in [0.5, 0.6) is 0 Å². The molecule has 2 aliphatic rings. The van der Waals surface area contributed by atoms with Crippen LogP contribution < -0.4 is 10.2 Å². The van der Waals surface area contributed by atoms with E-state index in [1.165, 1.54) is 21.1 Å². The highest BCUT2D eigenvalue weighted by Crippen LogP contribution is 2.44. The number of anilines is 2. The van der Waals surface area contributed by atoms with Crippen LogP contribution in [-0.2, 0) is 9.59 Å². The summed E-state index contributed by atoms with van der Waals surface area (Å²) in [5.74, 6) is -0.865. The average molecular weight is 342 g/mol. The lowest BCUT2D eigenvalue weighted by atomic mass is 9.96. The smallest absolute Gasteiger partial charge is 0.273 e. The minimum atomic E-state index is -1.35. The molecule has 1 N–H and O–H groups in total. The number of likely N-dealkylation sites (N-methyl/N-ethyl adjacent to an activating group) is 1. The van der Waals surface area contributed by atoms with Gasteiger partial charge in [-0.2, -0.15) is 0 Å². The van der Waals surface area contributed by atoms with E-state index in [0.29, 0.717) is 16.4 Å². The van der Waals surface area contributed by atoms with E-state index in [1.807, 2.05) is 0 Å². The van der Waals surface area contributed by atoms with E-state index in [1.54, 1.807) is 42.9 Å². The molecule has 0 bridgehead atoms. The number of carbonyl (C=O) groups is 3. The summed E-state index contributed by atoms with van der Waals surface area (Å²) in [5, 5.41) is 4.92. The zero-order valence-corrected chi connectivity index (χ0v) is 13.7. The van der Waals surface area contributed by atoms with Gasteiger partial charge in [-0.1, -0.05) is 12.1 Å². The Balaban J connectivity index is 1.85. The van der Waals surface area contributed by atoms with Crippen LogP contribution in [-0.4, -0.2) is 40.3 Å². The van der Waals surface area contributed by atoms with Crippen LogP contribution in [0.25, 0.3) is 0 Å². The van der Waals surface area contributed by atoms with E-state index in [9.17, 15) is 14.4 Å². The molecule has 1 fully saturated rings. The molecule has 4 rings (SSSR count). The third kappa shape index (κ3) is 1.83. The van der Waals surface area contributed by atoms with Gasteiger partial charge in [0, 0.05) is 31.5 Å². The Morgan fingerprint density at radius 3 is 2.88 bits per heavy atom. The van der Waals surface area contributed by atoms with Crippen molar-refractivity contribution < 1.29 is 14.4 Å². The Morgan fingerprint density at radius 1 is 1.33 bits per heavy atom. The summed E-state index contributed by atoms with van der Waals surface area (Å²) in [6.07, 6.45) is 2.04. The zero-order chi connectivity index (χ0) is 16.9. The van der Waals surface area contributed by atoms with Gasteiger partial charge in [0.25, 0.3) is 11.8 Å². The maximum atomic E-state index is 13.0. The number of amides is 3. The van der Waals surface area contributed by atoms with Crippen molar-refractivity contribution in [1.29, 1.82) is 0 Å². The molecule has 0 spiro atoms. The highest BCUT2D eigenvalue weighted by atomic mass is 32.1.